The van der Waals surface area contributed by atoms with E-state index in [1.807, 2.05) is 35.6 Å². The first kappa shape index (κ1) is 17.2. The number of nitrogens with zero attached hydrogens (tertiary/aromatic N) is 1. The molecule has 0 unspecified atom stereocenters. The second-order valence-corrected chi connectivity index (χ2v) is 9.11. The SMILES string of the molecule is O=C(CN1CCc2sccc2[C@H]1c1cccs1)Nc1ccccc1I. The highest BCUT2D eigenvalue weighted by molar-refractivity contribution is 14.1. The molecule has 3 nitrogen and oxygen atoms in total. The molecule has 0 fully saturated rings. The number of anilines is 1. The number of nitrogens with one attached hydrogen (secondary N) is 1. The van der Waals surface area contributed by atoms with E-state index in [2.05, 4.69) is 61.8 Å². The topological polar surface area (TPSA) is 32.3 Å². The number of carbonyl (C=O) groups excluding carboxylic acids is 1. The molecule has 1 atom stereocenters. The summed E-state index contributed by atoms with van der Waals surface area (Å²) in [6, 6.07) is 14.5. The molecule has 3 aromatic rings. The smallest absolute Gasteiger partial charge is 0.238 e. The Morgan fingerprint density at radius 3 is 2.84 bits per heavy atom. The average molecular weight is 480 g/mol. The van der Waals surface area contributed by atoms with Crippen LogP contribution in [0.4, 0.5) is 5.69 Å². The summed E-state index contributed by atoms with van der Waals surface area (Å²) in [7, 11) is 0. The number of rotatable bonds is 4. The van der Waals surface area contributed by atoms with Crippen molar-refractivity contribution in [3.63, 3.8) is 0 Å². The summed E-state index contributed by atoms with van der Waals surface area (Å²) in [5.41, 5.74) is 2.25. The Morgan fingerprint density at radius 2 is 2.04 bits per heavy atom. The maximum absolute atomic E-state index is 12.6. The molecule has 128 valence electrons. The van der Waals surface area contributed by atoms with Gasteiger partial charge in [0, 0.05) is 19.9 Å². The van der Waals surface area contributed by atoms with Gasteiger partial charge >= 0.3 is 0 Å². The standard InChI is InChI=1S/C19H17IN2OS2/c20-14-4-1-2-5-15(14)21-18(23)12-22-9-7-16-13(8-11-25-16)19(22)17-6-3-10-24-17/h1-6,8,10-11,19H,7,9,12H2,(H,21,23)/t19-/m0/s1. The van der Waals surface area contributed by atoms with Gasteiger partial charge in [-0.1, -0.05) is 18.2 Å². The summed E-state index contributed by atoms with van der Waals surface area (Å²) in [6.45, 7) is 1.32. The number of thiophene rings is 2. The summed E-state index contributed by atoms with van der Waals surface area (Å²) >= 11 is 5.84. The maximum Gasteiger partial charge on any atom is 0.238 e. The van der Waals surface area contributed by atoms with Crippen LogP contribution in [-0.4, -0.2) is 23.9 Å². The summed E-state index contributed by atoms with van der Waals surface area (Å²) in [5, 5.41) is 7.34. The number of benzene rings is 1. The second-order valence-electron chi connectivity index (χ2n) is 5.97. The van der Waals surface area contributed by atoms with E-state index in [9.17, 15) is 4.79 Å². The molecule has 0 saturated carbocycles. The van der Waals surface area contributed by atoms with Gasteiger partial charge in [-0.05, 0) is 69.6 Å². The first-order valence-electron chi connectivity index (χ1n) is 8.10. The van der Waals surface area contributed by atoms with Gasteiger partial charge in [-0.3, -0.25) is 9.69 Å². The van der Waals surface area contributed by atoms with Crippen molar-refractivity contribution < 1.29 is 4.79 Å². The molecule has 1 aromatic carbocycles. The third-order valence-electron chi connectivity index (χ3n) is 4.37. The van der Waals surface area contributed by atoms with Crippen molar-refractivity contribution in [3.05, 3.63) is 72.1 Å². The third kappa shape index (κ3) is 3.67. The lowest BCUT2D eigenvalue weighted by molar-refractivity contribution is -0.117. The van der Waals surface area contributed by atoms with Crippen molar-refractivity contribution in [3.8, 4) is 0 Å². The van der Waals surface area contributed by atoms with Gasteiger partial charge in [0.05, 0.1) is 18.3 Å². The Bertz CT molecular complexity index is 875. The van der Waals surface area contributed by atoms with Crippen LogP contribution in [0.1, 0.15) is 21.4 Å². The van der Waals surface area contributed by atoms with Crippen LogP contribution in [0.25, 0.3) is 0 Å². The second kappa shape index (κ2) is 7.57. The molecule has 0 spiro atoms. The van der Waals surface area contributed by atoms with Gasteiger partial charge in [0.25, 0.3) is 0 Å². The van der Waals surface area contributed by atoms with Crippen LogP contribution >= 0.6 is 45.3 Å². The van der Waals surface area contributed by atoms with E-state index in [0.717, 1.165) is 22.2 Å². The molecular weight excluding hydrogens is 463 g/mol. The molecule has 1 amide bonds. The predicted molar refractivity (Wildman–Crippen MR) is 114 cm³/mol. The highest BCUT2D eigenvalue weighted by Gasteiger charge is 2.31. The molecule has 4 rings (SSSR count). The van der Waals surface area contributed by atoms with Gasteiger partial charge in [0.15, 0.2) is 0 Å². The minimum Gasteiger partial charge on any atom is -0.324 e. The lowest BCUT2D eigenvalue weighted by Gasteiger charge is -2.34. The lowest BCUT2D eigenvalue weighted by Crippen LogP contribution is -2.40. The first-order valence-corrected chi connectivity index (χ1v) is 10.9. The number of halogens is 1. The zero-order chi connectivity index (χ0) is 17.2. The van der Waals surface area contributed by atoms with Crippen LogP contribution in [-0.2, 0) is 11.2 Å². The Morgan fingerprint density at radius 1 is 1.16 bits per heavy atom. The van der Waals surface area contributed by atoms with Crippen molar-refractivity contribution in [2.24, 2.45) is 0 Å². The Labute approximate surface area is 168 Å². The van der Waals surface area contributed by atoms with E-state index in [1.165, 1.54) is 15.3 Å². The highest BCUT2D eigenvalue weighted by atomic mass is 127. The normalized spacial score (nSPS) is 17.2. The quantitative estimate of drug-likeness (QED) is 0.534. The molecular formula is C19H17IN2OS2. The van der Waals surface area contributed by atoms with Crippen LogP contribution in [0, 0.1) is 3.57 Å². The first-order chi connectivity index (χ1) is 12.2. The average Bonchev–Trinajstić information content (AvgIpc) is 3.28. The molecule has 0 saturated heterocycles. The summed E-state index contributed by atoms with van der Waals surface area (Å²) < 4.78 is 1.06. The number of amides is 1. The predicted octanol–water partition coefficient (Wildman–Crippen LogP) is 5.00. The number of carbonyl (C=O) groups is 1. The zero-order valence-electron chi connectivity index (χ0n) is 13.4. The number of para-hydroxylation sites is 1. The zero-order valence-corrected chi connectivity index (χ0v) is 17.2. The number of hydrogen-bond donors (Lipinski definition) is 1. The Hall–Kier alpha value is -1.22. The molecule has 3 heterocycles. The van der Waals surface area contributed by atoms with Crippen LogP contribution in [0.15, 0.2) is 53.2 Å². The molecule has 0 aliphatic carbocycles. The molecule has 1 N–H and O–H groups in total. The van der Waals surface area contributed by atoms with E-state index in [0.29, 0.717) is 6.54 Å². The van der Waals surface area contributed by atoms with Crippen molar-refractivity contribution >= 4 is 56.9 Å². The van der Waals surface area contributed by atoms with Crippen LogP contribution < -0.4 is 5.32 Å². The van der Waals surface area contributed by atoms with E-state index in [4.69, 9.17) is 0 Å². The van der Waals surface area contributed by atoms with E-state index in [1.54, 1.807) is 11.3 Å². The molecule has 6 heteroatoms. The van der Waals surface area contributed by atoms with Crippen molar-refractivity contribution in [1.29, 1.82) is 0 Å². The molecule has 25 heavy (non-hydrogen) atoms. The fourth-order valence-corrected chi connectivity index (χ4v) is 5.56. The molecule has 1 aliphatic rings. The number of fused-ring (bicyclic) bond motifs is 1. The fraction of sp³-hybridized carbons (Fsp3) is 0.211. The van der Waals surface area contributed by atoms with Gasteiger partial charge in [-0.2, -0.15) is 0 Å². The maximum atomic E-state index is 12.6. The summed E-state index contributed by atoms with van der Waals surface area (Å²) in [4.78, 5) is 17.7. The van der Waals surface area contributed by atoms with Crippen molar-refractivity contribution in [2.45, 2.75) is 12.5 Å². The summed E-state index contributed by atoms with van der Waals surface area (Å²) in [5.74, 6) is 0.0457. The minimum absolute atomic E-state index is 0.0457. The van der Waals surface area contributed by atoms with Crippen LogP contribution in [0.5, 0.6) is 0 Å². The van der Waals surface area contributed by atoms with Crippen molar-refractivity contribution in [1.82, 2.24) is 4.90 Å². The molecule has 1 aliphatic heterocycles. The van der Waals surface area contributed by atoms with Gasteiger partial charge in [-0.25, -0.2) is 0 Å². The van der Waals surface area contributed by atoms with Gasteiger partial charge < -0.3 is 5.32 Å². The highest BCUT2D eigenvalue weighted by Crippen LogP contribution is 2.39. The molecule has 0 bridgehead atoms. The van der Waals surface area contributed by atoms with E-state index >= 15 is 0 Å². The van der Waals surface area contributed by atoms with Gasteiger partial charge in [-0.15, -0.1) is 22.7 Å². The Kier molecular flexibility index (Phi) is 5.21. The van der Waals surface area contributed by atoms with Crippen LogP contribution in [0.3, 0.4) is 0 Å². The van der Waals surface area contributed by atoms with Crippen LogP contribution in [0.2, 0.25) is 0 Å². The van der Waals surface area contributed by atoms with E-state index < -0.39 is 0 Å². The molecule has 2 aromatic heterocycles. The van der Waals surface area contributed by atoms with Crippen molar-refractivity contribution in [2.75, 3.05) is 18.4 Å². The largest absolute Gasteiger partial charge is 0.324 e. The number of hydrogen-bond acceptors (Lipinski definition) is 4. The molecule has 0 radical (unpaired) electrons. The van der Waals surface area contributed by atoms with Gasteiger partial charge in [0.2, 0.25) is 5.91 Å². The summed E-state index contributed by atoms with van der Waals surface area (Å²) in [6.07, 6.45) is 1.02. The van der Waals surface area contributed by atoms with E-state index in [-0.39, 0.29) is 11.9 Å². The third-order valence-corrected chi connectivity index (χ3v) is 7.23. The fourth-order valence-electron chi connectivity index (χ4n) is 3.26. The Balaban J connectivity index is 1.55. The minimum atomic E-state index is 0.0457. The monoisotopic (exact) mass is 480 g/mol. The van der Waals surface area contributed by atoms with Gasteiger partial charge in [0.1, 0.15) is 0 Å². The lowest BCUT2D eigenvalue weighted by atomic mass is 9.98.